The van der Waals surface area contributed by atoms with Crippen molar-refractivity contribution in [1.29, 1.82) is 0 Å². The lowest BCUT2D eigenvalue weighted by molar-refractivity contribution is 0.158. The third-order valence-corrected chi connectivity index (χ3v) is 2.77. The van der Waals surface area contributed by atoms with Gasteiger partial charge in [0.1, 0.15) is 0 Å². The van der Waals surface area contributed by atoms with E-state index < -0.39 is 0 Å². The molecule has 0 unspecified atom stereocenters. The maximum atomic E-state index is 9.02. The van der Waals surface area contributed by atoms with Crippen molar-refractivity contribution in [2.45, 2.75) is 26.4 Å². The first kappa shape index (κ1) is 12.0. The quantitative estimate of drug-likeness (QED) is 0.836. The van der Waals surface area contributed by atoms with Crippen LogP contribution in [0.1, 0.15) is 19.5 Å². The Morgan fingerprint density at radius 1 is 1.47 bits per heavy atom. The van der Waals surface area contributed by atoms with Crippen LogP contribution in [0.4, 0.5) is 0 Å². The van der Waals surface area contributed by atoms with Gasteiger partial charge in [0.25, 0.3) is 0 Å². The molecular weight excluding hydrogens is 216 g/mol. The molecule has 0 aliphatic rings. The van der Waals surface area contributed by atoms with Crippen molar-refractivity contribution in [3.05, 3.63) is 30.4 Å². The zero-order valence-corrected chi connectivity index (χ0v) is 10.2. The number of hydrogen-bond acceptors (Lipinski definition) is 4. The van der Waals surface area contributed by atoms with Gasteiger partial charge in [0.05, 0.1) is 12.3 Å². The predicted molar refractivity (Wildman–Crippen MR) is 65.6 cm³/mol. The van der Waals surface area contributed by atoms with Crippen molar-refractivity contribution >= 4 is 5.78 Å². The molecule has 1 N–H and O–H groups in total. The molecule has 0 aromatic carbocycles. The SMILES string of the molecule is CC(C)N(CCO)Cc1cn2cccnc2n1. The predicted octanol–water partition coefficient (Wildman–Crippen LogP) is 0.932. The smallest absolute Gasteiger partial charge is 0.233 e. The topological polar surface area (TPSA) is 53.7 Å². The summed E-state index contributed by atoms with van der Waals surface area (Å²) in [5.74, 6) is 0.718. The fourth-order valence-corrected chi connectivity index (χ4v) is 1.81. The Kier molecular flexibility index (Phi) is 3.71. The molecule has 5 heteroatoms. The van der Waals surface area contributed by atoms with Crippen molar-refractivity contribution in [3.8, 4) is 0 Å². The highest BCUT2D eigenvalue weighted by atomic mass is 16.3. The second-order valence-electron chi connectivity index (χ2n) is 4.35. The van der Waals surface area contributed by atoms with Gasteiger partial charge in [-0.3, -0.25) is 9.30 Å². The van der Waals surface area contributed by atoms with Gasteiger partial charge >= 0.3 is 0 Å². The molecule has 0 spiro atoms. The van der Waals surface area contributed by atoms with Crippen molar-refractivity contribution in [2.75, 3.05) is 13.2 Å². The number of fused-ring (bicyclic) bond motifs is 1. The molecule has 0 radical (unpaired) electrons. The summed E-state index contributed by atoms with van der Waals surface area (Å²) in [6.45, 7) is 5.80. The van der Waals surface area contributed by atoms with Crippen LogP contribution in [0.25, 0.3) is 5.78 Å². The Bertz CT molecular complexity index is 447. The average Bonchev–Trinajstić information content (AvgIpc) is 2.70. The minimum absolute atomic E-state index is 0.170. The minimum atomic E-state index is 0.170. The van der Waals surface area contributed by atoms with Crippen molar-refractivity contribution in [1.82, 2.24) is 19.3 Å². The van der Waals surface area contributed by atoms with Gasteiger partial charge in [-0.05, 0) is 19.9 Å². The Labute approximate surface area is 101 Å². The third kappa shape index (κ3) is 2.81. The number of hydrogen-bond donors (Lipinski definition) is 1. The van der Waals surface area contributed by atoms with Crippen LogP contribution in [-0.2, 0) is 6.54 Å². The zero-order chi connectivity index (χ0) is 12.3. The lowest BCUT2D eigenvalue weighted by atomic mass is 10.3. The molecule has 0 saturated carbocycles. The summed E-state index contributed by atoms with van der Waals surface area (Å²) in [6.07, 6.45) is 5.65. The first-order chi connectivity index (χ1) is 8.20. The molecule has 92 valence electrons. The molecular formula is C12H18N4O. The molecule has 0 atom stereocenters. The molecule has 2 heterocycles. The van der Waals surface area contributed by atoms with E-state index in [2.05, 4.69) is 28.7 Å². The molecule has 0 aliphatic carbocycles. The van der Waals surface area contributed by atoms with Crippen LogP contribution in [0.2, 0.25) is 0 Å². The van der Waals surface area contributed by atoms with Gasteiger partial charge in [-0.2, -0.15) is 0 Å². The molecule has 2 aromatic rings. The fraction of sp³-hybridized carbons (Fsp3) is 0.500. The van der Waals surface area contributed by atoms with Gasteiger partial charge < -0.3 is 5.11 Å². The maximum absolute atomic E-state index is 9.02. The standard InChI is InChI=1S/C12H18N4O/c1-10(2)15(6-7-17)8-11-9-16-5-3-4-13-12(16)14-11/h3-5,9-10,17H,6-8H2,1-2H3. The average molecular weight is 234 g/mol. The Morgan fingerprint density at radius 3 is 2.94 bits per heavy atom. The van der Waals surface area contributed by atoms with Crippen LogP contribution in [-0.4, -0.2) is 43.6 Å². The lowest BCUT2D eigenvalue weighted by Crippen LogP contribution is -2.33. The van der Waals surface area contributed by atoms with E-state index in [1.54, 1.807) is 6.20 Å². The minimum Gasteiger partial charge on any atom is -0.395 e. The number of aromatic nitrogens is 3. The highest BCUT2D eigenvalue weighted by Gasteiger charge is 2.11. The van der Waals surface area contributed by atoms with Crippen molar-refractivity contribution < 1.29 is 5.11 Å². The van der Waals surface area contributed by atoms with Crippen LogP contribution >= 0.6 is 0 Å². The maximum Gasteiger partial charge on any atom is 0.233 e. The van der Waals surface area contributed by atoms with E-state index in [4.69, 9.17) is 5.11 Å². The number of rotatable bonds is 5. The van der Waals surface area contributed by atoms with E-state index in [9.17, 15) is 0 Å². The monoisotopic (exact) mass is 234 g/mol. The zero-order valence-electron chi connectivity index (χ0n) is 10.2. The van der Waals surface area contributed by atoms with E-state index in [0.717, 1.165) is 18.0 Å². The van der Waals surface area contributed by atoms with Crippen LogP contribution in [0, 0.1) is 0 Å². The largest absolute Gasteiger partial charge is 0.395 e. The summed E-state index contributed by atoms with van der Waals surface area (Å²) in [7, 11) is 0. The highest BCUT2D eigenvalue weighted by Crippen LogP contribution is 2.08. The van der Waals surface area contributed by atoms with Gasteiger partial charge in [-0.1, -0.05) is 0 Å². The molecule has 2 aromatic heterocycles. The van der Waals surface area contributed by atoms with Gasteiger partial charge in [0.15, 0.2) is 0 Å². The Morgan fingerprint density at radius 2 is 2.29 bits per heavy atom. The summed E-state index contributed by atoms with van der Waals surface area (Å²) < 4.78 is 1.91. The molecule has 0 fully saturated rings. The summed E-state index contributed by atoms with van der Waals surface area (Å²) in [5.41, 5.74) is 0.978. The van der Waals surface area contributed by atoms with Gasteiger partial charge in [0.2, 0.25) is 5.78 Å². The van der Waals surface area contributed by atoms with Crippen LogP contribution in [0.3, 0.4) is 0 Å². The van der Waals surface area contributed by atoms with Gasteiger partial charge in [-0.25, -0.2) is 9.97 Å². The number of aliphatic hydroxyl groups is 1. The number of aliphatic hydroxyl groups excluding tert-OH is 1. The van der Waals surface area contributed by atoms with E-state index >= 15 is 0 Å². The Hall–Kier alpha value is -1.46. The highest BCUT2D eigenvalue weighted by molar-refractivity contribution is 5.29. The van der Waals surface area contributed by atoms with E-state index in [1.807, 2.05) is 22.9 Å². The number of imidazole rings is 1. The van der Waals surface area contributed by atoms with E-state index in [0.29, 0.717) is 12.6 Å². The van der Waals surface area contributed by atoms with E-state index in [-0.39, 0.29) is 6.61 Å². The van der Waals surface area contributed by atoms with Gasteiger partial charge in [0, 0.05) is 37.7 Å². The summed E-state index contributed by atoms with van der Waals surface area (Å²) in [6, 6.07) is 2.27. The molecule has 5 nitrogen and oxygen atoms in total. The second kappa shape index (κ2) is 5.25. The molecule has 0 bridgehead atoms. The molecule has 0 amide bonds. The summed E-state index contributed by atoms with van der Waals surface area (Å²) in [5, 5.41) is 9.02. The van der Waals surface area contributed by atoms with E-state index in [1.165, 1.54) is 0 Å². The first-order valence-corrected chi connectivity index (χ1v) is 5.84. The van der Waals surface area contributed by atoms with Gasteiger partial charge in [-0.15, -0.1) is 0 Å². The fourth-order valence-electron chi connectivity index (χ4n) is 1.81. The lowest BCUT2D eigenvalue weighted by Gasteiger charge is -2.24. The third-order valence-electron chi connectivity index (χ3n) is 2.77. The molecule has 2 rings (SSSR count). The van der Waals surface area contributed by atoms with Crippen LogP contribution in [0.5, 0.6) is 0 Å². The first-order valence-electron chi connectivity index (χ1n) is 5.84. The summed E-state index contributed by atoms with van der Waals surface area (Å²) in [4.78, 5) is 10.8. The second-order valence-corrected chi connectivity index (χ2v) is 4.35. The van der Waals surface area contributed by atoms with Crippen molar-refractivity contribution in [3.63, 3.8) is 0 Å². The summed E-state index contributed by atoms with van der Waals surface area (Å²) >= 11 is 0. The Balaban J connectivity index is 2.16. The normalized spacial score (nSPS) is 11.8. The molecule has 0 aliphatic heterocycles. The van der Waals surface area contributed by atoms with Crippen LogP contribution < -0.4 is 0 Å². The molecule has 0 saturated heterocycles. The van der Waals surface area contributed by atoms with Crippen LogP contribution in [0.15, 0.2) is 24.7 Å². The molecule has 17 heavy (non-hydrogen) atoms. The number of nitrogens with zero attached hydrogens (tertiary/aromatic N) is 4. The van der Waals surface area contributed by atoms with Crippen molar-refractivity contribution in [2.24, 2.45) is 0 Å².